The highest BCUT2D eigenvalue weighted by Crippen LogP contribution is 2.23. The SMILES string of the molecule is CCCCCC[C@@H](C)C[C@@H](NC(=O)C(C)(C)NC(=O)C(C)(C)NC(=O)[C@H](C[C@@H](C)C[C@@H](O)CC(=O)CC)NC(=O)[C@@H]1CCCN1C(=O)CCC)C(=O)N[C@@H](CC(C)C)C(=O)NC(C)(C)C(=O)N[C@@H](CC(C)C)C(=O)NCCC(=O)N[C@@H](C)CNCCO. The molecule has 0 radical (unpaired) electrons. The molecule has 12 N–H and O–H groups in total. The van der Waals surface area contributed by atoms with Crippen molar-refractivity contribution in [2.45, 2.75) is 279 Å². The lowest BCUT2D eigenvalue weighted by Gasteiger charge is -2.35. The van der Waals surface area contributed by atoms with Crippen molar-refractivity contribution in [2.24, 2.45) is 23.7 Å². The van der Waals surface area contributed by atoms with Crippen LogP contribution in [0.2, 0.25) is 0 Å². The van der Waals surface area contributed by atoms with E-state index in [1.165, 1.54) is 46.4 Å². The summed E-state index contributed by atoms with van der Waals surface area (Å²) < 4.78 is 0. The van der Waals surface area contributed by atoms with Crippen LogP contribution in [0.15, 0.2) is 0 Å². The summed E-state index contributed by atoms with van der Waals surface area (Å²) in [5.41, 5.74) is -5.03. The number of carbonyl (C=O) groups is 11. The van der Waals surface area contributed by atoms with Crippen LogP contribution in [0, 0.1) is 23.7 Å². The first-order valence-corrected chi connectivity index (χ1v) is 32.1. The summed E-state index contributed by atoms with van der Waals surface area (Å²) >= 11 is 0. The first-order chi connectivity index (χ1) is 40.5. The zero-order valence-corrected chi connectivity index (χ0v) is 55.7. The molecule has 1 aliphatic rings. The Bertz CT molecular complexity index is 2240. The molecule has 9 atom stereocenters. The number of Topliss-reactive ketones (excluding diaryl/α,β-unsaturated/α-hetero) is 1. The van der Waals surface area contributed by atoms with Crippen LogP contribution in [0.4, 0.5) is 0 Å². The third-order valence-electron chi connectivity index (χ3n) is 15.4. The standard InChI is InChI=1S/C63H115N11O13/c1-17-20-21-22-25-41(8)35-48(54(81)67-47(33-40(6)7)55(82)71-61(11,12)58(85)69-46(32-39(4)5)53(80)65-28-27-51(78)66-43(10)38-64-29-31-75)70-59(86)62(13,14)73-60(87)63(15,16)72-56(83)49(36-42(9)34-45(77)37-44(76)19-3)68-57(84)50-26-23-30-74(50)52(79)24-18-2/h39-43,45-50,64,75,77H,17-38H2,1-16H3,(H,65,80)(H,66,78)(H,67,81)(H,68,84)(H,69,85)(H,70,86)(H,71,82)(H,72,83)(H,73,87)/t41-,42+,43+,45-,46+,47+,48-,49+,50+/m1/s1. The van der Waals surface area contributed by atoms with Crippen molar-refractivity contribution in [2.75, 3.05) is 32.8 Å². The maximum Gasteiger partial charge on any atom is 0.246 e. The third kappa shape index (κ3) is 30.3. The van der Waals surface area contributed by atoms with Gasteiger partial charge in [-0.15, -0.1) is 0 Å². The van der Waals surface area contributed by atoms with Crippen molar-refractivity contribution in [1.29, 1.82) is 0 Å². The number of ketones is 1. The summed E-state index contributed by atoms with van der Waals surface area (Å²) in [6.07, 6.45) is 6.33. The van der Waals surface area contributed by atoms with Gasteiger partial charge in [0.2, 0.25) is 59.1 Å². The Hall–Kier alpha value is -5.75. The molecule has 1 saturated heterocycles. The number of amides is 10. The molecular weight excluding hydrogens is 1120 g/mol. The van der Waals surface area contributed by atoms with E-state index in [-0.39, 0.29) is 112 Å². The molecule has 500 valence electrons. The molecule has 1 fully saturated rings. The molecule has 24 nitrogen and oxygen atoms in total. The summed E-state index contributed by atoms with van der Waals surface area (Å²) in [6.45, 7) is 28.5. The Morgan fingerprint density at radius 2 is 1.08 bits per heavy atom. The third-order valence-corrected chi connectivity index (χ3v) is 15.4. The number of hydrogen-bond donors (Lipinski definition) is 12. The van der Waals surface area contributed by atoms with E-state index in [2.05, 4.69) is 60.1 Å². The smallest absolute Gasteiger partial charge is 0.246 e. The minimum atomic E-state index is -1.71. The quantitative estimate of drug-likeness (QED) is 0.0390. The second-order valence-electron chi connectivity index (χ2n) is 26.7. The fourth-order valence-electron chi connectivity index (χ4n) is 10.3. The van der Waals surface area contributed by atoms with E-state index in [9.17, 15) is 57.8 Å². The van der Waals surface area contributed by atoms with Crippen molar-refractivity contribution in [3.05, 3.63) is 0 Å². The van der Waals surface area contributed by atoms with Crippen molar-refractivity contribution in [3.63, 3.8) is 0 Å². The number of aliphatic hydroxyl groups excluding tert-OH is 2. The van der Waals surface area contributed by atoms with Gasteiger partial charge in [-0.1, -0.05) is 94.4 Å². The number of hydrogen-bond acceptors (Lipinski definition) is 14. The topological polar surface area (TPSA) is 352 Å². The van der Waals surface area contributed by atoms with Crippen molar-refractivity contribution >= 4 is 64.9 Å². The molecule has 24 heteroatoms. The summed E-state index contributed by atoms with van der Waals surface area (Å²) in [6, 6.07) is -5.68. The highest BCUT2D eigenvalue weighted by molar-refractivity contribution is 6.00. The molecule has 0 saturated carbocycles. The minimum Gasteiger partial charge on any atom is -0.395 e. The van der Waals surface area contributed by atoms with E-state index in [0.29, 0.717) is 38.9 Å². The summed E-state index contributed by atoms with van der Waals surface area (Å²) in [7, 11) is 0. The number of rotatable bonds is 43. The van der Waals surface area contributed by atoms with E-state index >= 15 is 0 Å². The maximum absolute atomic E-state index is 14.6. The molecule has 0 aromatic heterocycles. The molecule has 0 spiro atoms. The predicted molar refractivity (Wildman–Crippen MR) is 335 cm³/mol. The van der Waals surface area contributed by atoms with Gasteiger partial charge in [-0.05, 0) is 124 Å². The monoisotopic (exact) mass is 1230 g/mol. The van der Waals surface area contributed by atoms with Gasteiger partial charge in [0.15, 0.2) is 0 Å². The summed E-state index contributed by atoms with van der Waals surface area (Å²) in [5.74, 6) is -6.63. The Labute approximate surface area is 519 Å². The van der Waals surface area contributed by atoms with Crippen molar-refractivity contribution in [1.82, 2.24) is 58.1 Å². The fourth-order valence-corrected chi connectivity index (χ4v) is 10.3. The van der Waals surface area contributed by atoms with Crippen molar-refractivity contribution < 1.29 is 63.0 Å². The van der Waals surface area contributed by atoms with Gasteiger partial charge in [0.1, 0.15) is 52.6 Å². The minimum absolute atomic E-state index is 0.000749. The first-order valence-electron chi connectivity index (χ1n) is 32.1. The first kappa shape index (κ1) is 79.3. The lowest BCUT2D eigenvalue weighted by Crippen LogP contribution is -2.66. The second kappa shape index (κ2) is 39.3. The van der Waals surface area contributed by atoms with E-state index in [4.69, 9.17) is 5.11 Å². The van der Waals surface area contributed by atoms with E-state index in [1.807, 2.05) is 41.5 Å². The van der Waals surface area contributed by atoms with Gasteiger partial charge in [0, 0.05) is 57.9 Å². The zero-order valence-electron chi connectivity index (χ0n) is 55.7. The molecule has 1 heterocycles. The molecule has 0 aliphatic carbocycles. The molecule has 0 unspecified atom stereocenters. The maximum atomic E-state index is 14.6. The van der Waals surface area contributed by atoms with E-state index in [1.54, 1.807) is 20.8 Å². The number of nitrogens with zero attached hydrogens (tertiary/aromatic N) is 1. The lowest BCUT2D eigenvalue weighted by atomic mass is 9.92. The average Bonchev–Trinajstić information content (AvgIpc) is 3.31. The molecule has 10 amide bonds. The van der Waals surface area contributed by atoms with Crippen LogP contribution in [0.5, 0.6) is 0 Å². The van der Waals surface area contributed by atoms with Crippen LogP contribution in [-0.2, 0) is 52.7 Å². The molecule has 1 rings (SSSR count). The Kier molecular flexibility index (Phi) is 35.8. The Morgan fingerprint density at radius 1 is 0.552 bits per heavy atom. The predicted octanol–water partition coefficient (Wildman–Crippen LogP) is 3.23. The normalized spacial score (nSPS) is 16.5. The zero-order chi connectivity index (χ0) is 66.4. The van der Waals surface area contributed by atoms with Crippen LogP contribution < -0.4 is 53.2 Å². The second-order valence-corrected chi connectivity index (χ2v) is 26.7. The molecule has 1 aliphatic heterocycles. The molecule has 0 bridgehead atoms. The van der Waals surface area contributed by atoms with Gasteiger partial charge in [0.05, 0.1) is 12.7 Å². The van der Waals surface area contributed by atoms with Gasteiger partial charge in [-0.2, -0.15) is 0 Å². The largest absolute Gasteiger partial charge is 0.395 e. The number of nitrogens with one attached hydrogen (secondary N) is 10. The van der Waals surface area contributed by atoms with E-state index in [0.717, 1.165) is 32.1 Å². The molecule has 0 aromatic carbocycles. The van der Waals surface area contributed by atoms with Crippen LogP contribution in [0.25, 0.3) is 0 Å². The van der Waals surface area contributed by atoms with Crippen LogP contribution in [0.1, 0.15) is 220 Å². The van der Waals surface area contributed by atoms with Gasteiger partial charge in [-0.3, -0.25) is 52.7 Å². The Balaban J connectivity index is 3.42. The summed E-state index contributed by atoms with van der Waals surface area (Å²) in [4.78, 5) is 152. The van der Waals surface area contributed by atoms with Crippen LogP contribution in [0.3, 0.4) is 0 Å². The van der Waals surface area contributed by atoms with Gasteiger partial charge >= 0.3 is 0 Å². The number of aliphatic hydroxyl groups is 2. The van der Waals surface area contributed by atoms with Gasteiger partial charge < -0.3 is 68.3 Å². The summed E-state index contributed by atoms with van der Waals surface area (Å²) in [5, 5.41) is 47.8. The molecular formula is C63H115N11O13. The van der Waals surface area contributed by atoms with Gasteiger partial charge in [0.25, 0.3) is 0 Å². The number of likely N-dealkylation sites (tertiary alicyclic amines) is 1. The van der Waals surface area contributed by atoms with Gasteiger partial charge in [-0.25, -0.2) is 0 Å². The van der Waals surface area contributed by atoms with Crippen LogP contribution in [-0.4, -0.2) is 172 Å². The number of carbonyl (C=O) groups excluding carboxylic acids is 11. The lowest BCUT2D eigenvalue weighted by molar-refractivity contribution is -0.141. The van der Waals surface area contributed by atoms with E-state index < -0.39 is 106 Å². The average molecular weight is 1230 g/mol. The highest BCUT2D eigenvalue weighted by Gasteiger charge is 2.42. The fraction of sp³-hybridized carbons (Fsp3) is 0.825. The number of unbranched alkanes of at least 4 members (excludes halogenated alkanes) is 3. The molecule has 87 heavy (non-hydrogen) atoms. The molecule has 0 aromatic rings. The highest BCUT2D eigenvalue weighted by atomic mass is 16.3. The Morgan fingerprint density at radius 3 is 1.62 bits per heavy atom. The van der Waals surface area contributed by atoms with Crippen LogP contribution >= 0.6 is 0 Å². The van der Waals surface area contributed by atoms with Crippen molar-refractivity contribution in [3.8, 4) is 0 Å².